The number of aliphatic hydroxyl groups is 3. The molecule has 0 amide bonds. The Hall–Kier alpha value is -1.94. The fourth-order valence-electron chi connectivity index (χ4n) is 1.88. The zero-order chi connectivity index (χ0) is 14.9. The van der Waals surface area contributed by atoms with Gasteiger partial charge in [0.15, 0.2) is 11.8 Å². The first-order valence-corrected chi connectivity index (χ1v) is 5.91. The third-order valence-electron chi connectivity index (χ3n) is 2.87. The third kappa shape index (κ3) is 2.65. The van der Waals surface area contributed by atoms with Gasteiger partial charge in [-0.3, -0.25) is 4.79 Å². The van der Waals surface area contributed by atoms with E-state index < -0.39 is 30.8 Å². The van der Waals surface area contributed by atoms with Gasteiger partial charge in [-0.15, -0.1) is 0 Å². The van der Waals surface area contributed by atoms with Gasteiger partial charge in [-0.2, -0.15) is 0 Å². The minimum absolute atomic E-state index is 0.178. The van der Waals surface area contributed by atoms with E-state index in [1.807, 2.05) is 0 Å². The number of anilines is 1. The van der Waals surface area contributed by atoms with Crippen molar-refractivity contribution in [2.24, 2.45) is 0 Å². The molecule has 2 atom stereocenters. The topological polar surface area (TPSA) is 147 Å². The van der Waals surface area contributed by atoms with E-state index >= 15 is 0 Å². The van der Waals surface area contributed by atoms with E-state index in [1.54, 1.807) is 6.92 Å². The lowest BCUT2D eigenvalue weighted by atomic mass is 10.3. The molecular weight excluding hydrogens is 268 g/mol. The molecule has 0 spiro atoms. The number of pyridine rings is 1. The summed E-state index contributed by atoms with van der Waals surface area (Å²) in [5.74, 6) is 0.178. The molecule has 0 fully saturated rings. The molecule has 0 aliphatic carbocycles. The van der Waals surface area contributed by atoms with E-state index in [9.17, 15) is 4.79 Å². The number of H-pyrrole nitrogens is 1. The van der Waals surface area contributed by atoms with Crippen molar-refractivity contribution >= 4 is 16.9 Å². The standard InChI is InChI=1S/C11H16N4O5/c1-5(20-7(3-16)11(18)19)15-4-13-9-6(15)2-8(12)14-10(9)17/h2,4-5,7,11,16,18-19H,3H2,1H3,(H3,12,14,17)/t5-,7-/m1/s1. The Balaban J connectivity index is 2.35. The second-order valence-corrected chi connectivity index (χ2v) is 4.31. The fraction of sp³-hybridized carbons (Fsp3) is 0.455. The second kappa shape index (κ2) is 5.59. The molecule has 0 radical (unpaired) electrons. The van der Waals surface area contributed by atoms with Crippen molar-refractivity contribution in [2.45, 2.75) is 25.5 Å². The normalized spacial score (nSPS) is 14.8. The number of nitrogens with zero attached hydrogens (tertiary/aromatic N) is 2. The highest BCUT2D eigenvalue weighted by molar-refractivity contribution is 5.76. The molecule has 110 valence electrons. The molecule has 0 bridgehead atoms. The van der Waals surface area contributed by atoms with Gasteiger partial charge in [0.05, 0.1) is 18.5 Å². The van der Waals surface area contributed by atoms with Crippen LogP contribution < -0.4 is 11.3 Å². The molecule has 2 heterocycles. The molecule has 2 aromatic rings. The number of aromatic nitrogens is 3. The summed E-state index contributed by atoms with van der Waals surface area (Å²) in [7, 11) is 0. The van der Waals surface area contributed by atoms with Crippen molar-refractivity contribution in [3.8, 4) is 0 Å². The molecule has 9 nitrogen and oxygen atoms in total. The number of nitrogen functional groups attached to an aromatic ring is 1. The summed E-state index contributed by atoms with van der Waals surface area (Å²) in [5.41, 5.74) is 5.79. The molecule has 0 aliphatic heterocycles. The Morgan fingerprint density at radius 1 is 1.55 bits per heavy atom. The maximum Gasteiger partial charge on any atom is 0.277 e. The summed E-state index contributed by atoms with van der Waals surface area (Å²) in [5, 5.41) is 27.1. The van der Waals surface area contributed by atoms with Crippen molar-refractivity contribution < 1.29 is 20.1 Å². The number of nitrogens with one attached hydrogen (secondary N) is 1. The van der Waals surface area contributed by atoms with Crippen molar-refractivity contribution in [3.63, 3.8) is 0 Å². The van der Waals surface area contributed by atoms with Gasteiger partial charge in [0.25, 0.3) is 5.56 Å². The lowest BCUT2D eigenvalue weighted by molar-refractivity contribution is -0.186. The van der Waals surface area contributed by atoms with Crippen LogP contribution in [0.3, 0.4) is 0 Å². The van der Waals surface area contributed by atoms with Crippen LogP contribution in [0.1, 0.15) is 13.2 Å². The maximum absolute atomic E-state index is 11.6. The molecule has 9 heteroatoms. The molecule has 2 rings (SSSR count). The smallest absolute Gasteiger partial charge is 0.277 e. The van der Waals surface area contributed by atoms with Crippen LogP contribution in [0.2, 0.25) is 0 Å². The van der Waals surface area contributed by atoms with Crippen molar-refractivity contribution in [2.75, 3.05) is 12.3 Å². The zero-order valence-corrected chi connectivity index (χ0v) is 10.7. The lowest BCUT2D eigenvalue weighted by Crippen LogP contribution is -2.34. The first kappa shape index (κ1) is 14.5. The largest absolute Gasteiger partial charge is 0.393 e. The van der Waals surface area contributed by atoms with Gasteiger partial charge in [-0.05, 0) is 6.92 Å². The maximum atomic E-state index is 11.6. The number of aliphatic hydroxyl groups excluding tert-OH is 2. The van der Waals surface area contributed by atoms with Gasteiger partial charge in [-0.1, -0.05) is 0 Å². The van der Waals surface area contributed by atoms with E-state index in [0.29, 0.717) is 5.52 Å². The van der Waals surface area contributed by atoms with Crippen LogP contribution in [0.25, 0.3) is 11.0 Å². The van der Waals surface area contributed by atoms with Crippen molar-refractivity contribution in [1.82, 2.24) is 14.5 Å². The summed E-state index contributed by atoms with van der Waals surface area (Å²) < 4.78 is 6.82. The zero-order valence-electron chi connectivity index (χ0n) is 10.7. The number of hydrogen-bond donors (Lipinski definition) is 5. The average molecular weight is 284 g/mol. The third-order valence-corrected chi connectivity index (χ3v) is 2.87. The van der Waals surface area contributed by atoms with Crippen LogP contribution in [0.4, 0.5) is 5.82 Å². The van der Waals surface area contributed by atoms with Gasteiger partial charge in [0.2, 0.25) is 0 Å². The van der Waals surface area contributed by atoms with E-state index in [4.69, 9.17) is 25.8 Å². The predicted molar refractivity (Wildman–Crippen MR) is 69.7 cm³/mol. The van der Waals surface area contributed by atoms with Crippen LogP contribution in [0.15, 0.2) is 17.2 Å². The van der Waals surface area contributed by atoms with E-state index in [0.717, 1.165) is 0 Å². The summed E-state index contributed by atoms with van der Waals surface area (Å²) in [6, 6.07) is 1.52. The Morgan fingerprint density at radius 2 is 2.25 bits per heavy atom. The molecule has 2 aromatic heterocycles. The Morgan fingerprint density at radius 3 is 2.85 bits per heavy atom. The van der Waals surface area contributed by atoms with Gasteiger partial charge in [-0.25, -0.2) is 4.98 Å². The number of imidazole rings is 1. The molecule has 0 unspecified atom stereocenters. The van der Waals surface area contributed by atoms with Gasteiger partial charge < -0.3 is 35.3 Å². The summed E-state index contributed by atoms with van der Waals surface area (Å²) in [4.78, 5) is 18.0. The Bertz CT molecular complexity index is 650. The van der Waals surface area contributed by atoms with Gasteiger partial charge in [0, 0.05) is 6.07 Å². The lowest BCUT2D eigenvalue weighted by Gasteiger charge is -2.23. The molecule has 0 aromatic carbocycles. The first-order valence-electron chi connectivity index (χ1n) is 5.91. The molecular formula is C11H16N4O5. The quantitative estimate of drug-likeness (QED) is 0.420. The van der Waals surface area contributed by atoms with Crippen LogP contribution in [0, 0.1) is 0 Å². The summed E-state index contributed by atoms with van der Waals surface area (Å²) in [6.45, 7) is 1.06. The number of fused-ring (bicyclic) bond motifs is 1. The van der Waals surface area contributed by atoms with Crippen LogP contribution in [-0.2, 0) is 4.74 Å². The van der Waals surface area contributed by atoms with Crippen LogP contribution >= 0.6 is 0 Å². The van der Waals surface area contributed by atoms with Crippen molar-refractivity contribution in [1.29, 1.82) is 0 Å². The van der Waals surface area contributed by atoms with Crippen LogP contribution in [-0.4, -0.2) is 48.9 Å². The molecule has 0 saturated carbocycles. The second-order valence-electron chi connectivity index (χ2n) is 4.31. The highest BCUT2D eigenvalue weighted by Gasteiger charge is 2.21. The fourth-order valence-corrected chi connectivity index (χ4v) is 1.88. The molecule has 20 heavy (non-hydrogen) atoms. The molecule has 0 aliphatic rings. The highest BCUT2D eigenvalue weighted by atomic mass is 16.6. The van der Waals surface area contributed by atoms with Crippen LogP contribution in [0.5, 0.6) is 0 Å². The minimum Gasteiger partial charge on any atom is -0.393 e. The monoisotopic (exact) mass is 284 g/mol. The molecule has 6 N–H and O–H groups in total. The first-order chi connectivity index (χ1) is 9.43. The summed E-state index contributed by atoms with van der Waals surface area (Å²) in [6.07, 6.45) is -2.28. The number of aromatic amines is 1. The number of ether oxygens (including phenoxy) is 1. The Kier molecular flexibility index (Phi) is 4.04. The van der Waals surface area contributed by atoms with E-state index in [-0.39, 0.29) is 11.3 Å². The van der Waals surface area contributed by atoms with E-state index in [1.165, 1.54) is 17.0 Å². The average Bonchev–Trinajstić information content (AvgIpc) is 2.79. The van der Waals surface area contributed by atoms with Gasteiger partial charge in [0.1, 0.15) is 18.1 Å². The van der Waals surface area contributed by atoms with E-state index in [2.05, 4.69) is 9.97 Å². The Labute approximate surface area is 113 Å². The predicted octanol–water partition coefficient (Wildman–Crippen LogP) is -1.49. The number of hydrogen-bond acceptors (Lipinski definition) is 7. The minimum atomic E-state index is -1.81. The van der Waals surface area contributed by atoms with Crippen molar-refractivity contribution in [3.05, 3.63) is 22.7 Å². The molecule has 0 saturated heterocycles. The van der Waals surface area contributed by atoms with Gasteiger partial charge >= 0.3 is 0 Å². The number of nitrogens with two attached hydrogens (primary N) is 1. The highest BCUT2D eigenvalue weighted by Crippen LogP contribution is 2.19. The summed E-state index contributed by atoms with van der Waals surface area (Å²) >= 11 is 0. The SMILES string of the molecule is C[C@@H](O[C@H](CO)C(O)O)n1cnc2c(=O)[nH]c(N)cc21. The number of rotatable bonds is 5.